The molecule has 2 rings (SSSR count). The topological polar surface area (TPSA) is 30.5 Å². The van der Waals surface area contributed by atoms with E-state index in [0.717, 1.165) is 28.7 Å². The number of hydrogen-bond donors (Lipinski definition) is 1. The van der Waals surface area contributed by atoms with Crippen molar-refractivity contribution in [2.75, 3.05) is 13.7 Å². The van der Waals surface area contributed by atoms with Crippen molar-refractivity contribution in [2.24, 2.45) is 0 Å². The molecule has 0 radical (unpaired) electrons. The summed E-state index contributed by atoms with van der Waals surface area (Å²) in [6.45, 7) is 4.40. The van der Waals surface area contributed by atoms with Crippen LogP contribution in [0.5, 0.6) is 11.5 Å². The zero-order valence-corrected chi connectivity index (χ0v) is 19.0. The molecular formula is C22H30BrClFNO2. The minimum atomic E-state index is -0.250. The highest BCUT2D eigenvalue weighted by atomic mass is 79.9. The zero-order valence-electron chi connectivity index (χ0n) is 16.6. The van der Waals surface area contributed by atoms with Gasteiger partial charge < -0.3 is 14.8 Å². The first-order valence-corrected chi connectivity index (χ1v) is 10.4. The Hall–Kier alpha value is -1.30. The average molecular weight is 475 g/mol. The molecule has 0 aliphatic rings. The van der Waals surface area contributed by atoms with Crippen LogP contribution in [0.2, 0.25) is 0 Å². The molecule has 0 heterocycles. The summed E-state index contributed by atoms with van der Waals surface area (Å²) in [6.07, 6.45) is 6.40. The largest absolute Gasteiger partial charge is 0.493 e. The van der Waals surface area contributed by atoms with Gasteiger partial charge in [-0.1, -0.05) is 44.7 Å². The molecule has 0 unspecified atom stereocenters. The van der Waals surface area contributed by atoms with E-state index < -0.39 is 0 Å². The molecule has 6 heteroatoms. The Morgan fingerprint density at radius 2 is 1.71 bits per heavy atom. The lowest BCUT2D eigenvalue weighted by molar-refractivity contribution is 0.282. The van der Waals surface area contributed by atoms with E-state index in [4.69, 9.17) is 9.47 Å². The van der Waals surface area contributed by atoms with Crippen LogP contribution in [0, 0.1) is 5.82 Å². The molecule has 0 spiro atoms. The van der Waals surface area contributed by atoms with Gasteiger partial charge in [-0.05, 0) is 64.3 Å². The third kappa shape index (κ3) is 8.38. The lowest BCUT2D eigenvalue weighted by atomic mass is 10.1. The maximum atomic E-state index is 13.0. The van der Waals surface area contributed by atoms with Gasteiger partial charge in [0.05, 0.1) is 11.6 Å². The molecule has 156 valence electrons. The first kappa shape index (κ1) is 24.7. The number of methoxy groups -OCH3 is 1. The molecule has 0 aliphatic heterocycles. The second-order valence-electron chi connectivity index (χ2n) is 6.62. The summed E-state index contributed by atoms with van der Waals surface area (Å²) in [5, 5.41) is 3.49. The number of nitrogens with one attached hydrogen (secondary N) is 1. The van der Waals surface area contributed by atoms with E-state index in [1.54, 1.807) is 19.2 Å². The maximum absolute atomic E-state index is 13.0. The summed E-state index contributed by atoms with van der Waals surface area (Å²) < 4.78 is 25.3. The summed E-state index contributed by atoms with van der Waals surface area (Å²) >= 11 is 3.58. The summed E-state index contributed by atoms with van der Waals surface area (Å²) in [5.74, 6) is 1.09. The number of benzene rings is 2. The van der Waals surface area contributed by atoms with E-state index in [0.29, 0.717) is 18.1 Å². The van der Waals surface area contributed by atoms with Gasteiger partial charge >= 0.3 is 0 Å². The molecule has 0 atom stereocenters. The van der Waals surface area contributed by atoms with E-state index in [1.165, 1.54) is 44.2 Å². The Morgan fingerprint density at radius 3 is 2.39 bits per heavy atom. The first-order chi connectivity index (χ1) is 13.1. The fourth-order valence-corrected chi connectivity index (χ4v) is 3.44. The van der Waals surface area contributed by atoms with Crippen LogP contribution in [0.1, 0.15) is 50.2 Å². The molecule has 0 aromatic heterocycles. The van der Waals surface area contributed by atoms with Crippen LogP contribution in [0.25, 0.3) is 0 Å². The highest BCUT2D eigenvalue weighted by Crippen LogP contribution is 2.37. The van der Waals surface area contributed by atoms with Crippen molar-refractivity contribution < 1.29 is 13.9 Å². The van der Waals surface area contributed by atoms with Gasteiger partial charge in [0.1, 0.15) is 12.4 Å². The van der Waals surface area contributed by atoms with Crippen LogP contribution in [0.15, 0.2) is 40.9 Å². The molecule has 3 nitrogen and oxygen atoms in total. The van der Waals surface area contributed by atoms with Crippen LogP contribution in [-0.2, 0) is 13.2 Å². The molecular weight excluding hydrogens is 445 g/mol. The van der Waals surface area contributed by atoms with Crippen molar-refractivity contribution in [3.8, 4) is 11.5 Å². The molecule has 0 saturated heterocycles. The lowest BCUT2D eigenvalue weighted by Crippen LogP contribution is -2.14. The quantitative estimate of drug-likeness (QED) is 0.349. The minimum Gasteiger partial charge on any atom is -0.493 e. The SMILES string of the molecule is CCCCCCCNCc1cc(Br)c(OCc2ccc(F)cc2)c(OC)c1.Cl. The Balaban J connectivity index is 0.00000392. The minimum absolute atomic E-state index is 0. The smallest absolute Gasteiger partial charge is 0.175 e. The van der Waals surface area contributed by atoms with E-state index in [2.05, 4.69) is 28.2 Å². The van der Waals surface area contributed by atoms with Gasteiger partial charge in [-0.25, -0.2) is 4.39 Å². The van der Waals surface area contributed by atoms with Crippen LogP contribution in [0.3, 0.4) is 0 Å². The van der Waals surface area contributed by atoms with Crippen LogP contribution >= 0.6 is 28.3 Å². The fourth-order valence-electron chi connectivity index (χ4n) is 2.84. The molecule has 0 bridgehead atoms. The molecule has 0 amide bonds. The molecule has 0 aliphatic carbocycles. The third-order valence-corrected chi connectivity index (χ3v) is 4.96. The van der Waals surface area contributed by atoms with Crippen molar-refractivity contribution in [2.45, 2.75) is 52.2 Å². The number of hydrogen-bond acceptors (Lipinski definition) is 3. The Morgan fingerprint density at radius 1 is 1.00 bits per heavy atom. The Labute approximate surface area is 182 Å². The summed E-state index contributed by atoms with van der Waals surface area (Å²) in [7, 11) is 1.64. The normalized spacial score (nSPS) is 10.4. The highest BCUT2D eigenvalue weighted by Gasteiger charge is 2.12. The third-order valence-electron chi connectivity index (χ3n) is 4.37. The zero-order chi connectivity index (χ0) is 19.5. The standard InChI is InChI=1S/C22H29BrFNO2.ClH/c1-3-4-5-6-7-12-25-15-18-13-20(23)22(21(14-18)26-2)27-16-17-8-10-19(24)11-9-17;/h8-11,13-14,25H,3-7,12,15-16H2,1-2H3;1H. The monoisotopic (exact) mass is 473 g/mol. The highest BCUT2D eigenvalue weighted by molar-refractivity contribution is 9.10. The number of halogens is 3. The van der Waals surface area contributed by atoms with Gasteiger partial charge in [0.25, 0.3) is 0 Å². The average Bonchev–Trinajstić information content (AvgIpc) is 2.67. The van der Waals surface area contributed by atoms with E-state index >= 15 is 0 Å². The van der Waals surface area contributed by atoms with Crippen molar-refractivity contribution in [1.82, 2.24) is 5.32 Å². The molecule has 1 N–H and O–H groups in total. The summed E-state index contributed by atoms with van der Waals surface area (Å²) in [6, 6.07) is 10.3. The number of unbranched alkanes of at least 4 members (excludes halogenated alkanes) is 4. The lowest BCUT2D eigenvalue weighted by Gasteiger charge is -2.15. The molecule has 2 aromatic rings. The van der Waals surface area contributed by atoms with Gasteiger partial charge in [-0.15, -0.1) is 12.4 Å². The van der Waals surface area contributed by atoms with Crippen molar-refractivity contribution in [3.63, 3.8) is 0 Å². The predicted octanol–water partition coefficient (Wildman–Crippen LogP) is 6.66. The van der Waals surface area contributed by atoms with Gasteiger partial charge in [0.2, 0.25) is 0 Å². The van der Waals surface area contributed by atoms with Crippen LogP contribution in [0.4, 0.5) is 4.39 Å². The number of ether oxygens (including phenoxy) is 2. The van der Waals surface area contributed by atoms with Crippen molar-refractivity contribution in [3.05, 3.63) is 57.8 Å². The van der Waals surface area contributed by atoms with Gasteiger partial charge in [-0.3, -0.25) is 0 Å². The van der Waals surface area contributed by atoms with Crippen molar-refractivity contribution in [1.29, 1.82) is 0 Å². The fraction of sp³-hybridized carbons (Fsp3) is 0.455. The molecule has 0 fully saturated rings. The summed E-state index contributed by atoms with van der Waals surface area (Å²) in [4.78, 5) is 0. The Kier molecular flexibility index (Phi) is 12.2. The van der Waals surface area contributed by atoms with E-state index in [1.807, 2.05) is 12.1 Å². The molecule has 2 aromatic carbocycles. The molecule has 0 saturated carbocycles. The number of rotatable bonds is 12. The predicted molar refractivity (Wildman–Crippen MR) is 119 cm³/mol. The van der Waals surface area contributed by atoms with Gasteiger partial charge in [0, 0.05) is 6.54 Å². The van der Waals surface area contributed by atoms with Crippen LogP contribution in [-0.4, -0.2) is 13.7 Å². The summed E-state index contributed by atoms with van der Waals surface area (Å²) in [5.41, 5.74) is 2.04. The first-order valence-electron chi connectivity index (χ1n) is 9.58. The van der Waals surface area contributed by atoms with E-state index in [9.17, 15) is 4.39 Å². The second kappa shape index (κ2) is 13.8. The molecule has 28 heavy (non-hydrogen) atoms. The second-order valence-corrected chi connectivity index (χ2v) is 7.47. The maximum Gasteiger partial charge on any atom is 0.175 e. The van der Waals surface area contributed by atoms with Crippen molar-refractivity contribution >= 4 is 28.3 Å². The van der Waals surface area contributed by atoms with E-state index in [-0.39, 0.29) is 18.2 Å². The Bertz CT molecular complexity index is 698. The van der Waals surface area contributed by atoms with Gasteiger partial charge in [-0.2, -0.15) is 0 Å². The van der Waals surface area contributed by atoms with Gasteiger partial charge in [0.15, 0.2) is 11.5 Å². The van der Waals surface area contributed by atoms with Crippen LogP contribution < -0.4 is 14.8 Å².